The van der Waals surface area contributed by atoms with Gasteiger partial charge >= 0.3 is 0 Å². The van der Waals surface area contributed by atoms with Crippen molar-refractivity contribution in [3.8, 4) is 0 Å². The number of non-ortho nitro benzene ring substituents is 1. The molecule has 0 N–H and O–H groups in total. The largest absolute Gasteiger partial charge is 0.342 e. The van der Waals surface area contributed by atoms with Gasteiger partial charge in [0.15, 0.2) is 5.82 Å². The highest BCUT2D eigenvalue weighted by Crippen LogP contribution is 2.36. The van der Waals surface area contributed by atoms with Crippen molar-refractivity contribution in [1.29, 1.82) is 0 Å². The summed E-state index contributed by atoms with van der Waals surface area (Å²) in [4.78, 5) is 11.7. The summed E-state index contributed by atoms with van der Waals surface area (Å²) in [5, 5.41) is 15.4. The Hall–Kier alpha value is -2.25. The molecule has 3 rings (SSSR count). The molecule has 0 amide bonds. The van der Waals surface area contributed by atoms with Crippen LogP contribution >= 0.6 is 0 Å². The average Bonchev–Trinajstić information content (AvgIpc) is 2.63. The summed E-state index contributed by atoms with van der Waals surface area (Å²) in [5.74, 6) is -2.34. The molecule has 19 heavy (non-hydrogen) atoms. The van der Waals surface area contributed by atoms with Crippen LogP contribution in [0, 0.1) is 10.1 Å². The standard InChI is InChI=1S/C11H10F2N4O2/c1-15-9-3-2-7(17(18)19)4-8(9)10(14-15)16-5-11(12,13)6-16/h2-4H,5-6H2,1H3. The van der Waals surface area contributed by atoms with Crippen molar-refractivity contribution in [2.75, 3.05) is 18.0 Å². The molecule has 0 aliphatic carbocycles. The molecule has 0 radical (unpaired) electrons. The first-order chi connectivity index (χ1) is 8.87. The number of anilines is 1. The Kier molecular flexibility index (Phi) is 2.25. The van der Waals surface area contributed by atoms with Gasteiger partial charge in [-0.1, -0.05) is 0 Å². The minimum Gasteiger partial charge on any atom is -0.342 e. The van der Waals surface area contributed by atoms with Crippen molar-refractivity contribution in [2.24, 2.45) is 7.05 Å². The van der Waals surface area contributed by atoms with E-state index in [2.05, 4.69) is 5.10 Å². The second kappa shape index (κ2) is 3.62. The zero-order chi connectivity index (χ0) is 13.8. The van der Waals surface area contributed by atoms with Crippen molar-refractivity contribution >= 4 is 22.4 Å². The Labute approximate surface area is 106 Å². The average molecular weight is 268 g/mol. The number of benzene rings is 1. The molecular formula is C11H10F2N4O2. The van der Waals surface area contributed by atoms with Gasteiger partial charge in [0.2, 0.25) is 0 Å². The monoisotopic (exact) mass is 268 g/mol. The summed E-state index contributed by atoms with van der Waals surface area (Å²) in [6.07, 6.45) is 0. The third kappa shape index (κ3) is 1.79. The number of nitro groups is 1. The molecular weight excluding hydrogens is 258 g/mol. The zero-order valence-electron chi connectivity index (χ0n) is 10.0. The topological polar surface area (TPSA) is 64.2 Å². The number of hydrogen-bond donors (Lipinski definition) is 0. The minimum absolute atomic E-state index is 0.0750. The molecule has 0 unspecified atom stereocenters. The lowest BCUT2D eigenvalue weighted by atomic mass is 10.1. The van der Waals surface area contributed by atoms with E-state index >= 15 is 0 Å². The molecule has 100 valence electrons. The first-order valence-corrected chi connectivity index (χ1v) is 5.61. The maximum atomic E-state index is 12.9. The number of nitro benzene ring substituents is 1. The molecule has 6 nitrogen and oxygen atoms in total. The van der Waals surface area contributed by atoms with Crippen LogP contribution in [-0.4, -0.2) is 33.7 Å². The SMILES string of the molecule is Cn1nc(N2CC(F)(F)C2)c2cc([N+](=O)[O-])ccc21. The van der Waals surface area contributed by atoms with Gasteiger partial charge in [-0.05, 0) is 6.07 Å². The van der Waals surface area contributed by atoms with E-state index in [4.69, 9.17) is 0 Å². The van der Waals surface area contributed by atoms with Gasteiger partial charge in [-0.15, -0.1) is 0 Å². The smallest absolute Gasteiger partial charge is 0.282 e. The highest BCUT2D eigenvalue weighted by atomic mass is 19.3. The van der Waals surface area contributed by atoms with Crippen LogP contribution in [0.4, 0.5) is 20.3 Å². The quantitative estimate of drug-likeness (QED) is 0.616. The summed E-state index contributed by atoms with van der Waals surface area (Å²) in [6.45, 7) is -0.802. The van der Waals surface area contributed by atoms with E-state index in [0.29, 0.717) is 16.7 Å². The molecule has 1 aromatic carbocycles. The third-order valence-electron chi connectivity index (χ3n) is 3.17. The molecule has 2 heterocycles. The number of rotatable bonds is 2. The van der Waals surface area contributed by atoms with Crippen LogP contribution in [0.25, 0.3) is 10.9 Å². The Balaban J connectivity index is 2.09. The number of aryl methyl sites for hydroxylation is 1. The Bertz CT molecular complexity index is 675. The fourth-order valence-corrected chi connectivity index (χ4v) is 2.24. The summed E-state index contributed by atoms with van der Waals surface area (Å²) in [7, 11) is 1.68. The van der Waals surface area contributed by atoms with E-state index in [1.165, 1.54) is 21.7 Å². The molecule has 0 spiro atoms. The van der Waals surface area contributed by atoms with Crippen LogP contribution in [-0.2, 0) is 7.05 Å². The van der Waals surface area contributed by atoms with Crippen LogP contribution in [0.1, 0.15) is 0 Å². The number of aromatic nitrogens is 2. The van der Waals surface area contributed by atoms with Crippen molar-refractivity contribution in [2.45, 2.75) is 5.92 Å². The van der Waals surface area contributed by atoms with Crippen LogP contribution in [0.3, 0.4) is 0 Å². The lowest BCUT2D eigenvalue weighted by molar-refractivity contribution is -0.384. The van der Waals surface area contributed by atoms with Gasteiger partial charge < -0.3 is 4.90 Å². The predicted octanol–water partition coefficient (Wildman–Crippen LogP) is 1.94. The van der Waals surface area contributed by atoms with E-state index in [1.807, 2.05) is 0 Å². The van der Waals surface area contributed by atoms with Gasteiger partial charge in [-0.3, -0.25) is 14.8 Å². The van der Waals surface area contributed by atoms with Crippen molar-refractivity contribution in [3.63, 3.8) is 0 Å². The zero-order valence-corrected chi connectivity index (χ0v) is 10.0. The van der Waals surface area contributed by atoms with Gasteiger partial charge in [0.05, 0.1) is 28.9 Å². The third-order valence-corrected chi connectivity index (χ3v) is 3.17. The van der Waals surface area contributed by atoms with Gasteiger partial charge in [0.25, 0.3) is 11.6 Å². The molecule has 8 heteroatoms. The fourth-order valence-electron chi connectivity index (χ4n) is 2.24. The molecule has 0 atom stereocenters. The van der Waals surface area contributed by atoms with Gasteiger partial charge in [0, 0.05) is 19.2 Å². The van der Waals surface area contributed by atoms with E-state index in [-0.39, 0.29) is 5.69 Å². The summed E-state index contributed by atoms with van der Waals surface area (Å²) in [5.41, 5.74) is 0.602. The maximum Gasteiger partial charge on any atom is 0.282 e. The Morgan fingerprint density at radius 3 is 2.68 bits per heavy atom. The summed E-state index contributed by atoms with van der Waals surface area (Å²) < 4.78 is 27.3. The van der Waals surface area contributed by atoms with E-state index in [0.717, 1.165) is 0 Å². The van der Waals surface area contributed by atoms with Crippen molar-refractivity contribution in [3.05, 3.63) is 28.3 Å². The predicted molar refractivity (Wildman–Crippen MR) is 64.5 cm³/mol. The summed E-state index contributed by atoms with van der Waals surface area (Å²) >= 11 is 0. The summed E-state index contributed by atoms with van der Waals surface area (Å²) in [6, 6.07) is 4.31. The number of halogens is 2. The normalized spacial score (nSPS) is 17.5. The van der Waals surface area contributed by atoms with Crippen LogP contribution in [0.5, 0.6) is 0 Å². The van der Waals surface area contributed by atoms with Crippen LogP contribution < -0.4 is 4.90 Å². The van der Waals surface area contributed by atoms with Gasteiger partial charge in [-0.2, -0.15) is 5.10 Å². The highest BCUT2D eigenvalue weighted by Gasteiger charge is 2.45. The number of hydrogen-bond acceptors (Lipinski definition) is 4. The minimum atomic E-state index is -2.70. The van der Waals surface area contributed by atoms with Crippen LogP contribution in [0.15, 0.2) is 18.2 Å². The highest BCUT2D eigenvalue weighted by molar-refractivity contribution is 5.92. The maximum absolute atomic E-state index is 12.9. The van der Waals surface area contributed by atoms with Crippen molar-refractivity contribution in [1.82, 2.24) is 9.78 Å². The number of fused-ring (bicyclic) bond motifs is 1. The van der Waals surface area contributed by atoms with Crippen LogP contribution in [0.2, 0.25) is 0 Å². The first-order valence-electron chi connectivity index (χ1n) is 5.61. The Morgan fingerprint density at radius 1 is 1.42 bits per heavy atom. The van der Waals surface area contributed by atoms with E-state index in [1.54, 1.807) is 13.1 Å². The first kappa shape index (κ1) is 11.8. The second-order valence-corrected chi connectivity index (χ2v) is 4.62. The lowest BCUT2D eigenvalue weighted by Gasteiger charge is -2.38. The van der Waals surface area contributed by atoms with E-state index < -0.39 is 23.9 Å². The van der Waals surface area contributed by atoms with Crippen molar-refractivity contribution < 1.29 is 13.7 Å². The number of alkyl halides is 2. The molecule has 1 aromatic heterocycles. The Morgan fingerprint density at radius 2 is 2.11 bits per heavy atom. The van der Waals surface area contributed by atoms with Gasteiger partial charge in [-0.25, -0.2) is 8.78 Å². The molecule has 1 fully saturated rings. The lowest BCUT2D eigenvalue weighted by Crippen LogP contribution is -2.56. The molecule has 0 saturated carbocycles. The molecule has 1 aliphatic rings. The molecule has 0 bridgehead atoms. The molecule has 1 saturated heterocycles. The molecule has 1 aliphatic heterocycles. The fraction of sp³-hybridized carbons (Fsp3) is 0.364. The van der Waals surface area contributed by atoms with Gasteiger partial charge in [0.1, 0.15) is 0 Å². The number of nitrogens with zero attached hydrogens (tertiary/aromatic N) is 4. The van der Waals surface area contributed by atoms with E-state index in [9.17, 15) is 18.9 Å². The molecule has 2 aromatic rings. The second-order valence-electron chi connectivity index (χ2n) is 4.62.